The number of aromatic nitrogens is 6. The summed E-state index contributed by atoms with van der Waals surface area (Å²) in [5.41, 5.74) is 2.24. The lowest BCUT2D eigenvalue weighted by Gasteiger charge is -2.27. The van der Waals surface area contributed by atoms with Crippen molar-refractivity contribution in [3.63, 3.8) is 0 Å². The summed E-state index contributed by atoms with van der Waals surface area (Å²) in [5.74, 6) is 0.383. The van der Waals surface area contributed by atoms with Crippen LogP contribution in [0.4, 0.5) is 11.6 Å². The Labute approximate surface area is 129 Å². The Morgan fingerprint density at radius 1 is 1.32 bits per heavy atom. The molecule has 0 amide bonds. The third kappa shape index (κ3) is 1.74. The van der Waals surface area contributed by atoms with E-state index in [9.17, 15) is 4.79 Å². The van der Waals surface area contributed by atoms with Crippen LogP contribution in [0.15, 0.2) is 29.1 Å². The summed E-state index contributed by atoms with van der Waals surface area (Å²) < 4.78 is 1.59. The number of rotatable bonds is 1. The number of hydrogen-bond acceptors (Lipinski definition) is 6. The average Bonchev–Trinajstić information content (AvgIpc) is 2.98. The zero-order chi connectivity index (χ0) is 15.3. The highest BCUT2D eigenvalue weighted by Crippen LogP contribution is 2.39. The molecule has 3 heterocycles. The van der Waals surface area contributed by atoms with Gasteiger partial charge in [-0.25, -0.2) is 5.10 Å². The van der Waals surface area contributed by atoms with E-state index in [0.29, 0.717) is 27.9 Å². The molecule has 0 fully saturated rings. The van der Waals surface area contributed by atoms with E-state index in [-0.39, 0.29) is 5.56 Å². The topological polar surface area (TPSA) is 101 Å². The van der Waals surface area contributed by atoms with Gasteiger partial charge in [-0.1, -0.05) is 34.9 Å². The molecule has 9 heteroatoms. The van der Waals surface area contributed by atoms with Gasteiger partial charge in [0.25, 0.3) is 5.56 Å². The van der Waals surface area contributed by atoms with E-state index in [4.69, 9.17) is 11.6 Å². The molecule has 0 radical (unpaired) electrons. The Kier molecular flexibility index (Phi) is 2.73. The molecule has 3 aromatic rings. The summed E-state index contributed by atoms with van der Waals surface area (Å²) >= 11 is 6.34. The summed E-state index contributed by atoms with van der Waals surface area (Å²) in [7, 11) is 0. The summed E-state index contributed by atoms with van der Waals surface area (Å²) in [6.07, 6.45) is 0. The monoisotopic (exact) mass is 315 g/mol. The maximum atomic E-state index is 12.1. The van der Waals surface area contributed by atoms with Crippen molar-refractivity contribution >= 4 is 23.2 Å². The number of nitrogens with zero attached hydrogens (tertiary/aromatic N) is 5. The molecule has 2 N–H and O–H groups in total. The van der Waals surface area contributed by atoms with Crippen molar-refractivity contribution in [1.82, 2.24) is 30.4 Å². The van der Waals surface area contributed by atoms with Crippen molar-refractivity contribution < 1.29 is 0 Å². The van der Waals surface area contributed by atoms with Gasteiger partial charge in [-0.15, -0.1) is 0 Å². The summed E-state index contributed by atoms with van der Waals surface area (Å²) in [6.45, 7) is 1.82. The van der Waals surface area contributed by atoms with Gasteiger partial charge in [0, 0.05) is 16.1 Å². The Morgan fingerprint density at radius 3 is 2.95 bits per heavy atom. The van der Waals surface area contributed by atoms with E-state index >= 15 is 0 Å². The van der Waals surface area contributed by atoms with Crippen LogP contribution in [0, 0.1) is 6.92 Å². The molecule has 0 saturated carbocycles. The van der Waals surface area contributed by atoms with Crippen LogP contribution in [-0.2, 0) is 0 Å². The van der Waals surface area contributed by atoms with Crippen molar-refractivity contribution in [1.29, 1.82) is 0 Å². The van der Waals surface area contributed by atoms with Gasteiger partial charge in [0.1, 0.15) is 11.7 Å². The van der Waals surface area contributed by atoms with E-state index in [1.54, 1.807) is 10.7 Å². The first-order valence-corrected chi connectivity index (χ1v) is 6.93. The minimum absolute atomic E-state index is 0.327. The minimum Gasteiger partial charge on any atom is -0.318 e. The highest BCUT2D eigenvalue weighted by Gasteiger charge is 2.33. The number of nitrogens with one attached hydrogen (secondary N) is 2. The van der Waals surface area contributed by atoms with Gasteiger partial charge in [-0.05, 0) is 23.4 Å². The number of halogens is 1. The highest BCUT2D eigenvalue weighted by molar-refractivity contribution is 6.31. The van der Waals surface area contributed by atoms with E-state index in [1.807, 2.05) is 25.1 Å². The van der Waals surface area contributed by atoms with Crippen LogP contribution in [-0.4, -0.2) is 30.4 Å². The number of fused-ring (bicyclic) bond motifs is 2. The number of aryl methyl sites for hydroxylation is 1. The summed E-state index contributed by atoms with van der Waals surface area (Å²) in [4.78, 5) is 12.1. The second kappa shape index (κ2) is 4.63. The fraction of sp³-hybridized carbons (Fsp3) is 0.154. The molecule has 1 aliphatic heterocycles. The van der Waals surface area contributed by atoms with E-state index in [2.05, 4.69) is 31.0 Å². The Hall–Kier alpha value is -2.74. The lowest BCUT2D eigenvalue weighted by molar-refractivity contribution is 0.562. The van der Waals surface area contributed by atoms with Gasteiger partial charge in [-0.3, -0.25) is 4.79 Å². The van der Waals surface area contributed by atoms with Gasteiger partial charge in [0.15, 0.2) is 0 Å². The third-order valence-corrected chi connectivity index (χ3v) is 4.00. The number of aromatic amines is 1. The van der Waals surface area contributed by atoms with Crippen LogP contribution in [0.3, 0.4) is 0 Å². The van der Waals surface area contributed by atoms with Crippen molar-refractivity contribution in [2.75, 3.05) is 5.32 Å². The van der Waals surface area contributed by atoms with E-state index in [1.165, 1.54) is 0 Å². The molecule has 0 spiro atoms. The first kappa shape index (κ1) is 13.0. The van der Waals surface area contributed by atoms with E-state index in [0.717, 1.165) is 5.56 Å². The average molecular weight is 316 g/mol. The van der Waals surface area contributed by atoms with Gasteiger partial charge in [0.2, 0.25) is 5.95 Å². The molecule has 4 rings (SSSR count). The largest absolute Gasteiger partial charge is 0.318 e. The van der Waals surface area contributed by atoms with Gasteiger partial charge >= 0.3 is 0 Å². The number of hydrogen-bond donors (Lipinski definition) is 2. The van der Waals surface area contributed by atoms with Crippen LogP contribution in [0.2, 0.25) is 5.02 Å². The third-order valence-electron chi connectivity index (χ3n) is 3.66. The molecule has 1 aliphatic rings. The Morgan fingerprint density at radius 2 is 2.14 bits per heavy atom. The normalized spacial score (nSPS) is 15.8. The predicted molar refractivity (Wildman–Crippen MR) is 79.4 cm³/mol. The van der Waals surface area contributed by atoms with E-state index < -0.39 is 6.04 Å². The minimum atomic E-state index is -0.412. The molecule has 1 atom stereocenters. The fourth-order valence-electron chi connectivity index (χ4n) is 2.68. The molecule has 110 valence electrons. The Bertz CT molecular complexity index is 932. The molecule has 0 bridgehead atoms. The number of anilines is 2. The lowest BCUT2D eigenvalue weighted by Crippen LogP contribution is -2.29. The second-order valence-corrected chi connectivity index (χ2v) is 5.33. The van der Waals surface area contributed by atoms with Crippen molar-refractivity contribution in [2.45, 2.75) is 13.0 Å². The first-order chi connectivity index (χ1) is 10.7. The summed E-state index contributed by atoms with van der Waals surface area (Å²) in [5, 5.41) is 21.6. The highest BCUT2D eigenvalue weighted by atomic mass is 35.5. The van der Waals surface area contributed by atoms with Gasteiger partial charge < -0.3 is 5.32 Å². The number of tetrazole rings is 1. The van der Waals surface area contributed by atoms with Gasteiger partial charge in [-0.2, -0.15) is 9.78 Å². The van der Waals surface area contributed by atoms with Crippen LogP contribution in [0.5, 0.6) is 0 Å². The van der Waals surface area contributed by atoms with Gasteiger partial charge in [0.05, 0.1) is 5.69 Å². The molecule has 2 aromatic heterocycles. The zero-order valence-electron chi connectivity index (χ0n) is 11.4. The second-order valence-electron chi connectivity index (χ2n) is 4.92. The number of H-pyrrole nitrogens is 1. The number of benzene rings is 1. The van der Waals surface area contributed by atoms with Crippen LogP contribution < -0.4 is 10.9 Å². The smallest absolute Gasteiger partial charge is 0.288 e. The molecule has 8 nitrogen and oxygen atoms in total. The quantitative estimate of drug-likeness (QED) is 0.551. The lowest BCUT2D eigenvalue weighted by atomic mass is 9.95. The van der Waals surface area contributed by atoms with Crippen molar-refractivity contribution in [3.05, 3.63) is 56.5 Å². The Balaban J connectivity index is 2.07. The zero-order valence-corrected chi connectivity index (χ0v) is 12.2. The predicted octanol–water partition coefficient (Wildman–Crippen LogP) is 1.41. The maximum Gasteiger partial charge on any atom is 0.288 e. The van der Waals surface area contributed by atoms with Crippen LogP contribution >= 0.6 is 11.6 Å². The molecular weight excluding hydrogens is 306 g/mol. The fourth-order valence-corrected chi connectivity index (χ4v) is 2.92. The molecule has 1 aromatic carbocycles. The maximum absolute atomic E-state index is 12.1. The summed E-state index contributed by atoms with van der Waals surface area (Å²) in [6, 6.07) is 6.98. The SMILES string of the molecule is Cc1n[nH]c(=O)c2c1[C@H](c1ccccc1Cl)n1nnnc1N2. The molecule has 0 aliphatic carbocycles. The van der Waals surface area contributed by atoms with Crippen LogP contribution in [0.25, 0.3) is 0 Å². The standard InChI is InChI=1S/C13H10ClN7O/c1-6-9-10(12(22)17-16-6)15-13-18-19-20-21(13)11(9)7-4-2-3-5-8(7)14/h2-5,11H,1H3,(H,17,22)(H,15,18,20)/t11-/m0/s1. The first-order valence-electron chi connectivity index (χ1n) is 6.55. The molecule has 0 saturated heterocycles. The molecular formula is C13H10ClN7O. The van der Waals surface area contributed by atoms with Crippen molar-refractivity contribution in [2.24, 2.45) is 0 Å². The molecule has 22 heavy (non-hydrogen) atoms. The molecule has 0 unspecified atom stereocenters. The van der Waals surface area contributed by atoms with Crippen molar-refractivity contribution in [3.8, 4) is 0 Å². The van der Waals surface area contributed by atoms with Crippen LogP contribution in [0.1, 0.15) is 22.9 Å².